The van der Waals surface area contributed by atoms with Crippen LogP contribution in [0.25, 0.3) is 0 Å². The van der Waals surface area contributed by atoms with Gasteiger partial charge in [-0.25, -0.2) is 8.42 Å². The minimum Gasteiger partial charge on any atom is -0.494 e. The highest BCUT2D eigenvalue weighted by atomic mass is 35.5. The molecular formula is C31H37Cl2N3O7S. The first-order valence-electron chi connectivity index (χ1n) is 14.0. The van der Waals surface area contributed by atoms with Crippen molar-refractivity contribution >= 4 is 50.7 Å². The lowest BCUT2D eigenvalue weighted by atomic mass is 10.1. The zero-order chi connectivity index (χ0) is 32.4. The van der Waals surface area contributed by atoms with E-state index in [-0.39, 0.29) is 22.9 Å². The van der Waals surface area contributed by atoms with Crippen molar-refractivity contribution in [2.24, 2.45) is 0 Å². The highest BCUT2D eigenvalue weighted by molar-refractivity contribution is 7.92. The fourth-order valence-electron chi connectivity index (χ4n) is 4.34. The molecule has 3 aromatic carbocycles. The van der Waals surface area contributed by atoms with Gasteiger partial charge in [0.2, 0.25) is 11.8 Å². The van der Waals surface area contributed by atoms with Crippen LogP contribution in [0, 0.1) is 0 Å². The summed E-state index contributed by atoms with van der Waals surface area (Å²) in [6.07, 6.45) is 0.692. The van der Waals surface area contributed by atoms with E-state index in [2.05, 4.69) is 5.32 Å². The molecule has 0 aliphatic carbocycles. The Hall–Kier alpha value is -3.67. The summed E-state index contributed by atoms with van der Waals surface area (Å²) in [6.45, 7) is 5.36. The fourth-order valence-corrected chi connectivity index (χ4v) is 6.29. The zero-order valence-corrected chi connectivity index (χ0v) is 27.6. The molecule has 0 saturated heterocycles. The molecule has 1 atom stereocenters. The number of rotatable bonds is 15. The van der Waals surface area contributed by atoms with Crippen LogP contribution in [-0.4, -0.2) is 65.1 Å². The molecule has 0 unspecified atom stereocenters. The number of ether oxygens (including phenoxy) is 3. The molecule has 2 amide bonds. The summed E-state index contributed by atoms with van der Waals surface area (Å²) in [6, 6.07) is 14.4. The van der Waals surface area contributed by atoms with E-state index >= 15 is 0 Å². The number of sulfonamides is 1. The Morgan fingerprint density at radius 3 is 2.14 bits per heavy atom. The summed E-state index contributed by atoms with van der Waals surface area (Å²) in [4.78, 5) is 28.3. The van der Waals surface area contributed by atoms with Gasteiger partial charge < -0.3 is 24.4 Å². The number of nitrogens with zero attached hydrogens (tertiary/aromatic N) is 2. The predicted molar refractivity (Wildman–Crippen MR) is 171 cm³/mol. The number of methoxy groups -OCH3 is 2. The van der Waals surface area contributed by atoms with E-state index in [1.165, 1.54) is 37.3 Å². The highest BCUT2D eigenvalue weighted by Gasteiger charge is 2.33. The Balaban J connectivity index is 2.11. The van der Waals surface area contributed by atoms with E-state index in [1.807, 2.05) is 13.8 Å². The standard InChI is InChI=1S/C31H37Cl2N3O7S/c1-6-17-34-31(38)21(3)35(19-25-26(32)9-8-10-27(25)33)30(37)20-36(22-11-13-23(14-12-22)43-7-2)44(39,40)24-15-16-28(41-4)29(18-24)42-5/h8-16,18,21H,6-7,17,19-20H2,1-5H3,(H,34,38)/t21-/m0/s1. The number of hydrogen-bond donors (Lipinski definition) is 1. The maximum absolute atomic E-state index is 14.2. The third kappa shape index (κ3) is 8.28. The van der Waals surface area contributed by atoms with Crippen LogP contribution in [0.2, 0.25) is 10.0 Å². The lowest BCUT2D eigenvalue weighted by Gasteiger charge is -2.32. The normalized spacial score (nSPS) is 11.8. The molecule has 0 spiro atoms. The predicted octanol–water partition coefficient (Wildman–Crippen LogP) is 5.55. The van der Waals surface area contributed by atoms with Crippen molar-refractivity contribution in [2.75, 3.05) is 38.2 Å². The second kappa shape index (κ2) is 15.9. The number of carbonyl (C=O) groups is 2. The summed E-state index contributed by atoms with van der Waals surface area (Å²) in [5, 5.41) is 3.40. The maximum Gasteiger partial charge on any atom is 0.264 e. The van der Waals surface area contributed by atoms with Gasteiger partial charge in [-0.2, -0.15) is 0 Å². The molecule has 44 heavy (non-hydrogen) atoms. The largest absolute Gasteiger partial charge is 0.494 e. The zero-order valence-electron chi connectivity index (χ0n) is 25.3. The molecular weight excluding hydrogens is 629 g/mol. The minimum absolute atomic E-state index is 0.133. The smallest absolute Gasteiger partial charge is 0.264 e. The molecule has 0 fully saturated rings. The number of benzene rings is 3. The van der Waals surface area contributed by atoms with Crippen molar-refractivity contribution in [3.8, 4) is 17.2 Å². The first-order chi connectivity index (χ1) is 21.0. The second-order valence-corrected chi connectivity index (χ2v) is 12.3. The molecule has 3 rings (SSSR count). The average Bonchev–Trinajstić information content (AvgIpc) is 3.02. The van der Waals surface area contributed by atoms with Crippen LogP contribution in [0.15, 0.2) is 65.6 Å². The quantitative estimate of drug-likeness (QED) is 0.226. The molecule has 13 heteroatoms. The van der Waals surface area contributed by atoms with E-state index in [0.29, 0.717) is 46.7 Å². The van der Waals surface area contributed by atoms with Gasteiger partial charge >= 0.3 is 0 Å². The van der Waals surface area contributed by atoms with Crippen LogP contribution in [0.1, 0.15) is 32.8 Å². The molecule has 0 bridgehead atoms. The van der Waals surface area contributed by atoms with Crippen LogP contribution in [0.3, 0.4) is 0 Å². The molecule has 10 nitrogen and oxygen atoms in total. The minimum atomic E-state index is -4.36. The van der Waals surface area contributed by atoms with Gasteiger partial charge in [0.15, 0.2) is 11.5 Å². The van der Waals surface area contributed by atoms with Crippen molar-refractivity contribution < 1.29 is 32.2 Å². The van der Waals surface area contributed by atoms with Crippen LogP contribution in [0.5, 0.6) is 17.2 Å². The average molecular weight is 667 g/mol. The molecule has 0 saturated carbocycles. The molecule has 3 aromatic rings. The maximum atomic E-state index is 14.2. The lowest BCUT2D eigenvalue weighted by molar-refractivity contribution is -0.139. The van der Waals surface area contributed by atoms with Crippen LogP contribution >= 0.6 is 23.2 Å². The molecule has 238 valence electrons. The van der Waals surface area contributed by atoms with Gasteiger partial charge in [0.1, 0.15) is 18.3 Å². The van der Waals surface area contributed by atoms with Gasteiger partial charge in [-0.05, 0) is 68.8 Å². The first-order valence-corrected chi connectivity index (χ1v) is 16.2. The van der Waals surface area contributed by atoms with E-state index in [0.717, 1.165) is 4.31 Å². The van der Waals surface area contributed by atoms with Crippen molar-refractivity contribution in [1.82, 2.24) is 10.2 Å². The summed E-state index contributed by atoms with van der Waals surface area (Å²) >= 11 is 12.9. The summed E-state index contributed by atoms with van der Waals surface area (Å²) in [7, 11) is -1.53. The number of anilines is 1. The lowest BCUT2D eigenvalue weighted by Crippen LogP contribution is -2.51. The summed E-state index contributed by atoms with van der Waals surface area (Å²) in [5.74, 6) is 0.00617. The Morgan fingerprint density at radius 1 is 0.932 bits per heavy atom. The first kappa shape index (κ1) is 34.8. The van der Waals surface area contributed by atoms with Gasteiger partial charge in [0.05, 0.1) is 31.4 Å². The number of amides is 2. The molecule has 0 radical (unpaired) electrons. The summed E-state index contributed by atoms with van der Waals surface area (Å²) in [5.41, 5.74) is 0.630. The molecule has 1 N–H and O–H groups in total. The van der Waals surface area contributed by atoms with Crippen LogP contribution in [0.4, 0.5) is 5.69 Å². The summed E-state index contributed by atoms with van der Waals surface area (Å²) < 4.78 is 45.5. The van der Waals surface area contributed by atoms with Crippen LogP contribution in [-0.2, 0) is 26.2 Å². The van der Waals surface area contributed by atoms with Crippen molar-refractivity contribution in [2.45, 2.75) is 44.7 Å². The topological polar surface area (TPSA) is 114 Å². The van der Waals surface area contributed by atoms with Crippen molar-refractivity contribution in [1.29, 1.82) is 0 Å². The van der Waals surface area contributed by atoms with Crippen molar-refractivity contribution in [3.05, 3.63) is 76.3 Å². The Morgan fingerprint density at radius 2 is 1.57 bits per heavy atom. The van der Waals surface area contributed by atoms with Gasteiger partial charge in [0.25, 0.3) is 10.0 Å². The number of carbonyl (C=O) groups excluding carboxylic acids is 2. The van der Waals surface area contributed by atoms with Gasteiger partial charge in [-0.1, -0.05) is 36.2 Å². The van der Waals surface area contributed by atoms with Gasteiger partial charge in [0, 0.05) is 34.8 Å². The highest BCUT2D eigenvalue weighted by Crippen LogP contribution is 2.33. The molecule has 0 aliphatic heterocycles. The third-order valence-corrected chi connectivity index (χ3v) is 9.24. The van der Waals surface area contributed by atoms with E-state index in [4.69, 9.17) is 37.4 Å². The van der Waals surface area contributed by atoms with Crippen molar-refractivity contribution in [3.63, 3.8) is 0 Å². The van der Waals surface area contributed by atoms with Gasteiger partial charge in [-0.3, -0.25) is 13.9 Å². The molecule has 0 aliphatic rings. The number of nitrogens with one attached hydrogen (secondary N) is 1. The monoisotopic (exact) mass is 665 g/mol. The van der Waals surface area contributed by atoms with Crippen LogP contribution < -0.4 is 23.8 Å². The van der Waals surface area contributed by atoms with Gasteiger partial charge in [-0.15, -0.1) is 0 Å². The number of hydrogen-bond acceptors (Lipinski definition) is 7. The fraction of sp³-hybridized carbons (Fsp3) is 0.355. The molecule has 0 aromatic heterocycles. The Labute approximate surface area is 268 Å². The molecule has 0 heterocycles. The number of halogens is 2. The van der Waals surface area contributed by atoms with E-state index in [1.54, 1.807) is 49.4 Å². The Bertz CT molecular complexity index is 1530. The Kier molecular flexibility index (Phi) is 12.6. The van der Waals surface area contributed by atoms with E-state index in [9.17, 15) is 18.0 Å². The second-order valence-electron chi connectivity index (χ2n) is 9.64. The van der Waals surface area contributed by atoms with E-state index < -0.39 is 34.4 Å². The third-order valence-electron chi connectivity index (χ3n) is 6.76. The SMILES string of the molecule is CCCNC(=O)[C@H](C)N(Cc1c(Cl)cccc1Cl)C(=O)CN(c1ccc(OCC)cc1)S(=O)(=O)c1ccc(OC)c(OC)c1.